The molecule has 0 bridgehead atoms. The van der Waals surface area contributed by atoms with Gasteiger partial charge in [0, 0.05) is 18.0 Å². The fraction of sp³-hybridized carbons (Fsp3) is 0. The summed E-state index contributed by atoms with van der Waals surface area (Å²) in [4.78, 5) is 33.1. The molecule has 0 unspecified atom stereocenters. The summed E-state index contributed by atoms with van der Waals surface area (Å²) >= 11 is 7.25. The molecule has 2 aliphatic rings. The average molecular weight is 488 g/mol. The van der Waals surface area contributed by atoms with Crippen LogP contribution in [0.1, 0.15) is 21.5 Å². The number of carbonyl (C=O) groups is 2. The fourth-order valence-electron chi connectivity index (χ4n) is 3.19. The van der Waals surface area contributed by atoms with Crippen LogP contribution in [0, 0.1) is 5.41 Å². The number of hydrazone groups is 1. The van der Waals surface area contributed by atoms with E-state index in [0.717, 1.165) is 5.56 Å². The lowest BCUT2D eigenvalue weighted by Gasteiger charge is -2.20. The van der Waals surface area contributed by atoms with Crippen molar-refractivity contribution in [2.75, 3.05) is 0 Å². The van der Waals surface area contributed by atoms with Gasteiger partial charge in [0.15, 0.2) is 5.84 Å². The van der Waals surface area contributed by atoms with Crippen molar-refractivity contribution in [3.8, 4) is 5.75 Å². The van der Waals surface area contributed by atoms with Gasteiger partial charge in [-0.05, 0) is 59.8 Å². The van der Waals surface area contributed by atoms with Crippen molar-refractivity contribution in [1.29, 1.82) is 5.41 Å². The minimum atomic E-state index is -0.573. The Morgan fingerprint density at radius 3 is 2.62 bits per heavy atom. The van der Waals surface area contributed by atoms with Crippen LogP contribution in [0.15, 0.2) is 88.7 Å². The van der Waals surface area contributed by atoms with Crippen LogP contribution >= 0.6 is 23.4 Å². The van der Waals surface area contributed by atoms with Crippen LogP contribution in [0.5, 0.6) is 5.75 Å². The van der Waals surface area contributed by atoms with Crippen LogP contribution in [-0.2, 0) is 4.79 Å². The number of halogens is 1. The molecule has 1 aromatic heterocycles. The number of rotatable bonds is 4. The molecule has 3 aromatic rings. The molecule has 1 amide bonds. The van der Waals surface area contributed by atoms with Crippen LogP contribution in [-0.4, -0.2) is 37.9 Å². The molecule has 0 radical (unpaired) electrons. The smallest absolute Gasteiger partial charge is 0.345 e. The van der Waals surface area contributed by atoms with Crippen molar-refractivity contribution in [3.05, 3.63) is 100 Å². The van der Waals surface area contributed by atoms with Crippen molar-refractivity contribution in [1.82, 2.24) is 9.99 Å². The Hall–Kier alpha value is -4.08. The molecule has 166 valence electrons. The van der Waals surface area contributed by atoms with Gasteiger partial charge in [-0.1, -0.05) is 35.9 Å². The van der Waals surface area contributed by atoms with E-state index in [-0.39, 0.29) is 17.0 Å². The second-order valence-electron chi connectivity index (χ2n) is 7.11. The third kappa shape index (κ3) is 4.26. The predicted octanol–water partition coefficient (Wildman–Crippen LogP) is 4.62. The van der Waals surface area contributed by atoms with Crippen LogP contribution in [0.4, 0.5) is 0 Å². The fourth-order valence-corrected chi connectivity index (χ4v) is 4.28. The molecule has 3 heterocycles. The Balaban J connectivity index is 1.34. The molecule has 2 aliphatic heterocycles. The number of aromatic nitrogens is 1. The largest absolute Gasteiger partial charge is 0.423 e. The van der Waals surface area contributed by atoms with Gasteiger partial charge >= 0.3 is 5.97 Å². The maximum atomic E-state index is 12.6. The third-order valence-electron chi connectivity index (χ3n) is 4.86. The van der Waals surface area contributed by atoms with Crippen LogP contribution < -0.4 is 4.74 Å². The van der Waals surface area contributed by atoms with E-state index in [4.69, 9.17) is 21.7 Å². The lowest BCUT2D eigenvalue weighted by atomic mass is 10.1. The number of thioether (sulfide) groups is 1. The third-order valence-corrected chi connectivity index (χ3v) is 6.15. The minimum Gasteiger partial charge on any atom is -0.423 e. The van der Waals surface area contributed by atoms with E-state index < -0.39 is 11.9 Å². The van der Waals surface area contributed by atoms with E-state index in [1.165, 1.54) is 16.8 Å². The summed E-state index contributed by atoms with van der Waals surface area (Å²) in [7, 11) is 0. The lowest BCUT2D eigenvalue weighted by molar-refractivity contribution is -0.114. The van der Waals surface area contributed by atoms with Crippen molar-refractivity contribution >= 4 is 57.4 Å². The lowest BCUT2D eigenvalue weighted by Crippen LogP contribution is -2.35. The molecule has 0 aliphatic carbocycles. The highest BCUT2D eigenvalue weighted by Crippen LogP contribution is 2.31. The van der Waals surface area contributed by atoms with Crippen LogP contribution in [0.2, 0.25) is 5.02 Å². The van der Waals surface area contributed by atoms with E-state index in [1.54, 1.807) is 73.1 Å². The summed E-state index contributed by atoms with van der Waals surface area (Å²) < 4.78 is 5.37. The first-order valence-electron chi connectivity index (χ1n) is 9.97. The molecule has 0 saturated heterocycles. The van der Waals surface area contributed by atoms with Crippen LogP contribution in [0.25, 0.3) is 6.08 Å². The molecule has 5 rings (SSSR count). The van der Waals surface area contributed by atoms with Gasteiger partial charge in [0.05, 0.1) is 16.2 Å². The number of carbonyl (C=O) groups excluding carboxylic acids is 2. The van der Waals surface area contributed by atoms with E-state index in [0.29, 0.717) is 26.5 Å². The monoisotopic (exact) mass is 487 g/mol. The molecule has 0 saturated carbocycles. The number of hydrogen-bond acceptors (Lipinski definition) is 7. The van der Waals surface area contributed by atoms with Gasteiger partial charge in [0.1, 0.15) is 10.8 Å². The first-order chi connectivity index (χ1) is 16.5. The first kappa shape index (κ1) is 21.7. The Bertz CT molecular complexity index is 1420. The normalized spacial score (nSPS) is 16.3. The molecule has 2 aromatic carbocycles. The standard InChI is InChI=1S/C24H14ClN5O3S/c25-19-6-2-1-5-17(19)23(32)33-16-9-7-14(8-10-16)12-18-20(26)30-24(28-21(18)31)34-22(29-30)15-4-3-11-27-13-15/h1-13,26H. The maximum Gasteiger partial charge on any atom is 0.345 e. The number of ether oxygens (including phenoxy) is 1. The number of amides is 1. The number of aliphatic imine (C=N–C) groups is 1. The summed E-state index contributed by atoms with van der Waals surface area (Å²) in [6, 6.07) is 16.8. The van der Waals surface area contributed by atoms with Gasteiger partial charge in [-0.25, -0.2) is 4.79 Å². The summed E-state index contributed by atoms with van der Waals surface area (Å²) in [6.45, 7) is 0. The maximum absolute atomic E-state index is 12.6. The number of nitrogens with zero attached hydrogens (tertiary/aromatic N) is 4. The highest BCUT2D eigenvalue weighted by Gasteiger charge is 2.36. The van der Waals surface area contributed by atoms with Gasteiger partial charge in [0.25, 0.3) is 5.91 Å². The number of pyridine rings is 1. The van der Waals surface area contributed by atoms with E-state index >= 15 is 0 Å². The SMILES string of the molecule is N=C1C(=Cc2ccc(OC(=O)c3ccccc3Cl)cc2)C(=O)N=C2SC(c3cccnc3)=NN12. The van der Waals surface area contributed by atoms with Crippen molar-refractivity contribution in [3.63, 3.8) is 0 Å². The Morgan fingerprint density at radius 1 is 1.09 bits per heavy atom. The predicted molar refractivity (Wildman–Crippen MR) is 131 cm³/mol. The molecule has 34 heavy (non-hydrogen) atoms. The van der Waals surface area contributed by atoms with E-state index in [2.05, 4.69) is 15.1 Å². The molecule has 0 fully saturated rings. The number of hydrogen-bond donors (Lipinski definition) is 1. The van der Waals surface area contributed by atoms with Gasteiger partial charge < -0.3 is 4.74 Å². The molecule has 10 heteroatoms. The zero-order valence-corrected chi connectivity index (χ0v) is 18.9. The van der Waals surface area contributed by atoms with Gasteiger partial charge in [-0.15, -0.1) is 0 Å². The Kier molecular flexibility index (Phi) is 5.79. The van der Waals surface area contributed by atoms with E-state index in [1.807, 2.05) is 6.07 Å². The van der Waals surface area contributed by atoms with Gasteiger partial charge in [0.2, 0.25) is 5.17 Å². The Morgan fingerprint density at radius 2 is 1.88 bits per heavy atom. The topological polar surface area (TPSA) is 108 Å². The number of benzene rings is 2. The van der Waals surface area contributed by atoms with E-state index in [9.17, 15) is 9.59 Å². The molecule has 0 atom stereocenters. The number of esters is 1. The Labute approximate surface area is 203 Å². The summed E-state index contributed by atoms with van der Waals surface area (Å²) in [5.74, 6) is -0.855. The second-order valence-corrected chi connectivity index (χ2v) is 8.47. The molecule has 1 N–H and O–H groups in total. The first-order valence-corrected chi connectivity index (χ1v) is 11.2. The second kappa shape index (κ2) is 9.05. The molecular formula is C24H14ClN5O3S. The highest BCUT2D eigenvalue weighted by molar-refractivity contribution is 8.27. The number of fused-ring (bicyclic) bond motifs is 1. The molecular weight excluding hydrogens is 474 g/mol. The van der Waals surface area contributed by atoms with Gasteiger partial charge in [-0.2, -0.15) is 15.1 Å². The summed E-state index contributed by atoms with van der Waals surface area (Å²) in [6.07, 6.45) is 4.87. The number of amidine groups is 2. The average Bonchev–Trinajstić information content (AvgIpc) is 3.28. The molecule has 0 spiro atoms. The van der Waals surface area contributed by atoms with Crippen LogP contribution in [0.3, 0.4) is 0 Å². The van der Waals surface area contributed by atoms with Gasteiger partial charge in [-0.3, -0.25) is 15.2 Å². The van der Waals surface area contributed by atoms with Crippen molar-refractivity contribution in [2.24, 2.45) is 10.1 Å². The summed E-state index contributed by atoms with van der Waals surface area (Å²) in [5, 5.41) is 15.5. The van der Waals surface area contributed by atoms with Crippen molar-refractivity contribution in [2.45, 2.75) is 0 Å². The quantitative estimate of drug-likeness (QED) is 0.327. The van der Waals surface area contributed by atoms with Crippen molar-refractivity contribution < 1.29 is 14.3 Å². The minimum absolute atomic E-state index is 0.0735. The molecule has 8 nitrogen and oxygen atoms in total. The highest BCUT2D eigenvalue weighted by atomic mass is 35.5. The zero-order valence-electron chi connectivity index (χ0n) is 17.3. The number of nitrogens with one attached hydrogen (secondary N) is 1. The summed E-state index contributed by atoms with van der Waals surface area (Å²) in [5.41, 5.74) is 1.77. The zero-order chi connectivity index (χ0) is 23.7.